The molecule has 0 spiro atoms. The van der Waals surface area contributed by atoms with E-state index in [1.54, 1.807) is 0 Å². The molecular weight excluding hydrogens is 719 g/mol. The number of allylic oxidation sites excluding steroid dienone is 16. The van der Waals surface area contributed by atoms with Gasteiger partial charge in [0.1, 0.15) is 6.10 Å². The smallest absolute Gasteiger partial charge is 0.306 e. The Kier molecular flexibility index (Phi) is 42.4. The number of carbonyl (C=O) groups excluding carboxylic acids is 2. The van der Waals surface area contributed by atoms with Crippen molar-refractivity contribution in [3.05, 3.63) is 97.2 Å². The SMILES string of the molecule is CC/C=C/C=C/C=C\C=C/CCCCCC(=O)OC(CCC/C=C\C/C=C\C/C=C\C/C=C\CCCCC)CC(=O)NC(CO)C(O)CCCCCCCCCCC. The zero-order valence-corrected chi connectivity index (χ0v) is 37.4. The summed E-state index contributed by atoms with van der Waals surface area (Å²) in [6, 6.07) is -0.731. The standard InChI is InChI=1S/C52H87NO5/c1-4-7-10-13-16-19-21-23-24-25-26-28-29-32-34-37-40-43-48(58-52(57)45-42-39-36-33-30-27-22-20-17-14-11-8-5-2)46-51(56)53-49(47-54)50(55)44-41-38-35-31-18-15-12-9-6-3/h8,11,14,16-17,19-20,22-24,26-28,30,32,34,48-50,54-55H,4-7,9-10,12-13,15,18,21,25,29,31,33,35-47H2,1-3H3,(H,53,56)/b11-8+,17-14+,19-16-,22-20-,24-23-,28-26-,30-27-,34-32-. The number of amides is 1. The van der Waals surface area contributed by atoms with Crippen LogP contribution in [0.4, 0.5) is 0 Å². The van der Waals surface area contributed by atoms with E-state index in [4.69, 9.17) is 4.74 Å². The second-order valence-corrected chi connectivity index (χ2v) is 15.5. The average molecular weight is 806 g/mol. The lowest BCUT2D eigenvalue weighted by atomic mass is 10.0. The number of hydrogen-bond donors (Lipinski definition) is 3. The minimum atomic E-state index is -0.812. The number of rotatable bonds is 40. The molecule has 0 aliphatic rings. The maximum atomic E-state index is 13.1. The highest BCUT2D eigenvalue weighted by Gasteiger charge is 2.24. The second-order valence-electron chi connectivity index (χ2n) is 15.5. The van der Waals surface area contributed by atoms with Gasteiger partial charge in [-0.2, -0.15) is 0 Å². The van der Waals surface area contributed by atoms with E-state index in [1.807, 2.05) is 30.4 Å². The van der Waals surface area contributed by atoms with Crippen LogP contribution in [0.2, 0.25) is 0 Å². The van der Waals surface area contributed by atoms with Gasteiger partial charge in [0.05, 0.1) is 25.2 Å². The Balaban J connectivity index is 4.81. The molecule has 0 aromatic carbocycles. The van der Waals surface area contributed by atoms with Gasteiger partial charge in [-0.05, 0) is 83.5 Å². The zero-order chi connectivity index (χ0) is 42.4. The normalized spacial score (nSPS) is 14.2. The third-order valence-electron chi connectivity index (χ3n) is 9.99. The highest BCUT2D eigenvalue weighted by atomic mass is 16.5. The molecule has 1 amide bonds. The Hall–Kier alpha value is -3.22. The van der Waals surface area contributed by atoms with E-state index in [-0.39, 0.29) is 24.9 Å². The van der Waals surface area contributed by atoms with E-state index in [0.29, 0.717) is 19.3 Å². The number of esters is 1. The third-order valence-corrected chi connectivity index (χ3v) is 9.99. The number of hydrogen-bond acceptors (Lipinski definition) is 5. The number of unbranched alkanes of at least 4 members (excludes halogenated alkanes) is 15. The van der Waals surface area contributed by atoms with Crippen molar-refractivity contribution in [3.8, 4) is 0 Å². The molecule has 0 bridgehead atoms. The molecule has 0 heterocycles. The average Bonchev–Trinajstić information content (AvgIpc) is 3.22. The summed E-state index contributed by atoms with van der Waals surface area (Å²) in [6.45, 7) is 6.24. The van der Waals surface area contributed by atoms with E-state index < -0.39 is 18.2 Å². The molecule has 0 saturated carbocycles. The van der Waals surface area contributed by atoms with Gasteiger partial charge in [0, 0.05) is 6.42 Å². The first-order chi connectivity index (χ1) is 28.5. The van der Waals surface area contributed by atoms with Crippen molar-refractivity contribution in [1.29, 1.82) is 0 Å². The molecule has 0 radical (unpaired) electrons. The molecule has 0 saturated heterocycles. The van der Waals surface area contributed by atoms with Crippen molar-refractivity contribution in [2.75, 3.05) is 6.61 Å². The minimum absolute atomic E-state index is 0.0179. The van der Waals surface area contributed by atoms with Crippen molar-refractivity contribution in [2.45, 2.75) is 212 Å². The van der Waals surface area contributed by atoms with E-state index in [2.05, 4.69) is 92.9 Å². The molecule has 0 aromatic rings. The van der Waals surface area contributed by atoms with Crippen LogP contribution in [0.1, 0.15) is 194 Å². The third kappa shape index (κ3) is 39.6. The van der Waals surface area contributed by atoms with Crippen molar-refractivity contribution >= 4 is 11.9 Å². The maximum Gasteiger partial charge on any atom is 0.306 e. The number of carbonyl (C=O) groups is 2. The first kappa shape index (κ1) is 54.8. The highest BCUT2D eigenvalue weighted by molar-refractivity contribution is 5.77. The lowest BCUT2D eigenvalue weighted by Gasteiger charge is -2.24. The highest BCUT2D eigenvalue weighted by Crippen LogP contribution is 2.16. The minimum Gasteiger partial charge on any atom is -0.462 e. The summed E-state index contributed by atoms with van der Waals surface area (Å²) in [7, 11) is 0. The molecule has 3 N–H and O–H groups in total. The van der Waals surface area contributed by atoms with Crippen LogP contribution in [0.15, 0.2) is 97.2 Å². The topological polar surface area (TPSA) is 95.9 Å². The molecule has 0 fully saturated rings. The molecule has 0 aliphatic carbocycles. The summed E-state index contributed by atoms with van der Waals surface area (Å²) in [6.07, 6.45) is 59.0. The van der Waals surface area contributed by atoms with Crippen LogP contribution in [0.25, 0.3) is 0 Å². The first-order valence-corrected chi connectivity index (χ1v) is 23.5. The van der Waals surface area contributed by atoms with Crippen molar-refractivity contribution < 1.29 is 24.5 Å². The lowest BCUT2D eigenvalue weighted by Crippen LogP contribution is -2.46. The number of aliphatic hydroxyl groups excluding tert-OH is 2. The Morgan fingerprint density at radius 2 is 1.02 bits per heavy atom. The fourth-order valence-corrected chi connectivity index (χ4v) is 6.43. The molecule has 6 nitrogen and oxygen atoms in total. The van der Waals surface area contributed by atoms with Crippen LogP contribution in [-0.2, 0) is 14.3 Å². The van der Waals surface area contributed by atoms with Crippen LogP contribution in [0.3, 0.4) is 0 Å². The van der Waals surface area contributed by atoms with Gasteiger partial charge < -0.3 is 20.3 Å². The number of nitrogens with one attached hydrogen (secondary N) is 1. The molecule has 0 aliphatic heterocycles. The monoisotopic (exact) mass is 806 g/mol. The number of ether oxygens (including phenoxy) is 1. The molecule has 58 heavy (non-hydrogen) atoms. The number of aliphatic hydroxyl groups is 2. The van der Waals surface area contributed by atoms with Crippen LogP contribution < -0.4 is 5.32 Å². The molecule has 3 unspecified atom stereocenters. The van der Waals surface area contributed by atoms with Crippen LogP contribution in [-0.4, -0.2) is 46.9 Å². The van der Waals surface area contributed by atoms with E-state index >= 15 is 0 Å². The second kappa shape index (κ2) is 44.9. The van der Waals surface area contributed by atoms with Crippen molar-refractivity contribution in [2.24, 2.45) is 0 Å². The maximum absolute atomic E-state index is 13.1. The Labute approximate surface area is 356 Å². The van der Waals surface area contributed by atoms with Gasteiger partial charge in [0.15, 0.2) is 0 Å². The predicted molar refractivity (Wildman–Crippen MR) is 250 cm³/mol. The summed E-state index contributed by atoms with van der Waals surface area (Å²) in [5.74, 6) is -0.587. The quantitative estimate of drug-likeness (QED) is 0.0248. The molecule has 0 aromatic heterocycles. The predicted octanol–water partition coefficient (Wildman–Crippen LogP) is 13.8. The lowest BCUT2D eigenvalue weighted by molar-refractivity contribution is -0.151. The Morgan fingerprint density at radius 3 is 1.62 bits per heavy atom. The van der Waals surface area contributed by atoms with E-state index in [9.17, 15) is 19.8 Å². The van der Waals surface area contributed by atoms with Crippen molar-refractivity contribution in [3.63, 3.8) is 0 Å². The fraction of sp³-hybridized carbons (Fsp3) is 0.654. The molecular formula is C52H87NO5. The van der Waals surface area contributed by atoms with Gasteiger partial charge in [0.2, 0.25) is 5.91 Å². The summed E-state index contributed by atoms with van der Waals surface area (Å²) in [5, 5.41) is 23.6. The van der Waals surface area contributed by atoms with Gasteiger partial charge >= 0.3 is 5.97 Å². The Morgan fingerprint density at radius 1 is 0.534 bits per heavy atom. The summed E-state index contributed by atoms with van der Waals surface area (Å²) in [5.41, 5.74) is 0. The van der Waals surface area contributed by atoms with Gasteiger partial charge in [-0.3, -0.25) is 9.59 Å². The summed E-state index contributed by atoms with van der Waals surface area (Å²) >= 11 is 0. The van der Waals surface area contributed by atoms with E-state index in [0.717, 1.165) is 83.5 Å². The largest absolute Gasteiger partial charge is 0.462 e. The van der Waals surface area contributed by atoms with Crippen molar-refractivity contribution in [1.82, 2.24) is 5.32 Å². The molecule has 3 atom stereocenters. The van der Waals surface area contributed by atoms with Gasteiger partial charge in [-0.25, -0.2) is 0 Å². The summed E-state index contributed by atoms with van der Waals surface area (Å²) in [4.78, 5) is 26.0. The zero-order valence-electron chi connectivity index (χ0n) is 37.4. The van der Waals surface area contributed by atoms with E-state index in [1.165, 1.54) is 64.2 Å². The first-order valence-electron chi connectivity index (χ1n) is 23.5. The fourth-order valence-electron chi connectivity index (χ4n) is 6.43. The van der Waals surface area contributed by atoms with Crippen LogP contribution in [0, 0.1) is 0 Å². The molecule has 0 rings (SSSR count). The van der Waals surface area contributed by atoms with Gasteiger partial charge in [-0.15, -0.1) is 0 Å². The molecule has 6 heteroatoms. The van der Waals surface area contributed by atoms with Gasteiger partial charge in [-0.1, -0.05) is 195 Å². The van der Waals surface area contributed by atoms with Crippen LogP contribution >= 0.6 is 0 Å². The summed E-state index contributed by atoms with van der Waals surface area (Å²) < 4.78 is 5.86. The van der Waals surface area contributed by atoms with Crippen LogP contribution in [0.5, 0.6) is 0 Å². The molecule has 330 valence electrons. The Bertz CT molecular complexity index is 1180. The van der Waals surface area contributed by atoms with Gasteiger partial charge in [0.25, 0.3) is 0 Å².